The largest absolute Gasteiger partial charge is 0.480 e. The minimum Gasteiger partial charge on any atom is -0.480 e. The zero-order chi connectivity index (χ0) is 13.1. The number of halogens is 2. The molecule has 1 saturated carbocycles. The molecule has 1 aromatic carbocycles. The fourth-order valence-corrected chi connectivity index (χ4v) is 2.33. The third kappa shape index (κ3) is 3.87. The standard InChI is InChI=1S/C13H15Cl2NO2/c14-11-3-1-2-10(13(11)15)7-16(8-12(17)18)6-9-4-5-9/h1-3,9H,4-8H2,(H,17,18). The first-order valence-corrected chi connectivity index (χ1v) is 6.69. The van der Waals surface area contributed by atoms with Crippen molar-refractivity contribution in [2.24, 2.45) is 5.92 Å². The van der Waals surface area contributed by atoms with Gasteiger partial charge < -0.3 is 5.11 Å². The SMILES string of the molecule is O=C(O)CN(Cc1cccc(Cl)c1Cl)CC1CC1. The van der Waals surface area contributed by atoms with E-state index in [1.165, 1.54) is 12.8 Å². The van der Waals surface area contributed by atoms with Crippen molar-refractivity contribution in [1.29, 1.82) is 0 Å². The summed E-state index contributed by atoms with van der Waals surface area (Å²) < 4.78 is 0. The number of carboxylic acid groups (broad SMARTS) is 1. The van der Waals surface area contributed by atoms with Gasteiger partial charge in [-0.2, -0.15) is 0 Å². The van der Waals surface area contributed by atoms with E-state index in [0.29, 0.717) is 22.5 Å². The van der Waals surface area contributed by atoms with E-state index >= 15 is 0 Å². The van der Waals surface area contributed by atoms with Gasteiger partial charge in [0.25, 0.3) is 0 Å². The van der Waals surface area contributed by atoms with Crippen molar-refractivity contribution in [3.8, 4) is 0 Å². The summed E-state index contributed by atoms with van der Waals surface area (Å²) in [6, 6.07) is 5.45. The Balaban J connectivity index is 2.06. The Labute approximate surface area is 116 Å². The third-order valence-corrected chi connectivity index (χ3v) is 3.86. The molecule has 0 unspecified atom stereocenters. The van der Waals surface area contributed by atoms with Crippen molar-refractivity contribution >= 4 is 29.2 Å². The third-order valence-electron chi connectivity index (χ3n) is 3.00. The zero-order valence-corrected chi connectivity index (χ0v) is 11.4. The van der Waals surface area contributed by atoms with Gasteiger partial charge in [0.2, 0.25) is 0 Å². The highest BCUT2D eigenvalue weighted by atomic mass is 35.5. The van der Waals surface area contributed by atoms with Crippen LogP contribution >= 0.6 is 23.2 Å². The molecule has 98 valence electrons. The second-order valence-electron chi connectivity index (χ2n) is 4.72. The van der Waals surface area contributed by atoms with Crippen molar-refractivity contribution in [3.63, 3.8) is 0 Å². The van der Waals surface area contributed by atoms with Gasteiger partial charge in [-0.15, -0.1) is 0 Å². The number of hydrogen-bond acceptors (Lipinski definition) is 2. The van der Waals surface area contributed by atoms with E-state index in [1.807, 2.05) is 17.0 Å². The van der Waals surface area contributed by atoms with Crippen LogP contribution in [0, 0.1) is 5.92 Å². The number of carbonyl (C=O) groups is 1. The Kier molecular flexibility index (Phi) is 4.49. The van der Waals surface area contributed by atoms with Gasteiger partial charge in [-0.05, 0) is 30.4 Å². The van der Waals surface area contributed by atoms with Crippen molar-refractivity contribution < 1.29 is 9.90 Å². The molecule has 0 heterocycles. The maximum absolute atomic E-state index is 10.9. The molecule has 1 aromatic rings. The van der Waals surface area contributed by atoms with E-state index in [2.05, 4.69) is 0 Å². The summed E-state index contributed by atoms with van der Waals surface area (Å²) in [5.41, 5.74) is 0.881. The number of carboxylic acids is 1. The van der Waals surface area contributed by atoms with Gasteiger partial charge in [0.1, 0.15) is 0 Å². The summed E-state index contributed by atoms with van der Waals surface area (Å²) in [4.78, 5) is 12.8. The molecule has 1 fully saturated rings. The molecule has 0 spiro atoms. The molecule has 0 bridgehead atoms. The predicted molar refractivity (Wildman–Crippen MR) is 72.1 cm³/mol. The maximum Gasteiger partial charge on any atom is 0.317 e. The summed E-state index contributed by atoms with van der Waals surface area (Å²) >= 11 is 12.1. The maximum atomic E-state index is 10.9. The average molecular weight is 288 g/mol. The zero-order valence-electron chi connectivity index (χ0n) is 9.90. The second-order valence-corrected chi connectivity index (χ2v) is 5.50. The number of hydrogen-bond donors (Lipinski definition) is 1. The summed E-state index contributed by atoms with van der Waals surface area (Å²) in [5, 5.41) is 9.95. The van der Waals surface area contributed by atoms with Gasteiger partial charge in [0.05, 0.1) is 16.6 Å². The monoisotopic (exact) mass is 287 g/mol. The topological polar surface area (TPSA) is 40.5 Å². The number of benzene rings is 1. The van der Waals surface area contributed by atoms with Gasteiger partial charge in [0, 0.05) is 13.1 Å². The molecule has 18 heavy (non-hydrogen) atoms. The Bertz CT molecular complexity index is 447. The van der Waals surface area contributed by atoms with E-state index < -0.39 is 5.97 Å². The van der Waals surface area contributed by atoms with Crippen LogP contribution in [-0.2, 0) is 11.3 Å². The van der Waals surface area contributed by atoms with Gasteiger partial charge in [-0.3, -0.25) is 9.69 Å². The molecule has 0 amide bonds. The molecular formula is C13H15Cl2NO2. The summed E-state index contributed by atoms with van der Waals surface area (Å²) in [6.07, 6.45) is 2.39. The Morgan fingerprint density at radius 3 is 2.72 bits per heavy atom. The summed E-state index contributed by atoms with van der Waals surface area (Å²) in [7, 11) is 0. The molecule has 1 aliphatic carbocycles. The van der Waals surface area contributed by atoms with Gasteiger partial charge in [-0.25, -0.2) is 0 Å². The van der Waals surface area contributed by atoms with Crippen LogP contribution in [0.3, 0.4) is 0 Å². The molecule has 5 heteroatoms. The van der Waals surface area contributed by atoms with Crippen LogP contribution in [0.15, 0.2) is 18.2 Å². The van der Waals surface area contributed by atoms with Crippen molar-refractivity contribution in [2.45, 2.75) is 19.4 Å². The molecule has 1 aliphatic rings. The van der Waals surface area contributed by atoms with E-state index in [0.717, 1.165) is 12.1 Å². The van der Waals surface area contributed by atoms with Crippen molar-refractivity contribution in [2.75, 3.05) is 13.1 Å². The lowest BCUT2D eigenvalue weighted by Crippen LogP contribution is -2.31. The van der Waals surface area contributed by atoms with Crippen LogP contribution in [0.2, 0.25) is 10.0 Å². The highest BCUT2D eigenvalue weighted by Crippen LogP contribution is 2.31. The molecule has 0 aliphatic heterocycles. The Morgan fingerprint density at radius 2 is 2.11 bits per heavy atom. The number of aliphatic carboxylic acids is 1. The highest BCUT2D eigenvalue weighted by molar-refractivity contribution is 6.42. The molecule has 3 nitrogen and oxygen atoms in total. The van der Waals surface area contributed by atoms with Gasteiger partial charge in [-0.1, -0.05) is 35.3 Å². The lowest BCUT2D eigenvalue weighted by atomic mass is 10.2. The van der Waals surface area contributed by atoms with Crippen molar-refractivity contribution in [3.05, 3.63) is 33.8 Å². The normalized spacial score (nSPS) is 15.1. The number of nitrogens with zero attached hydrogens (tertiary/aromatic N) is 1. The average Bonchev–Trinajstić information content (AvgIpc) is 3.07. The summed E-state index contributed by atoms with van der Waals surface area (Å²) in [5.74, 6) is -0.170. The van der Waals surface area contributed by atoms with Crippen LogP contribution in [0.5, 0.6) is 0 Å². The van der Waals surface area contributed by atoms with Crippen LogP contribution < -0.4 is 0 Å². The summed E-state index contributed by atoms with van der Waals surface area (Å²) in [6.45, 7) is 1.39. The first-order valence-electron chi connectivity index (χ1n) is 5.93. The molecule has 0 atom stereocenters. The van der Waals surface area contributed by atoms with E-state index in [9.17, 15) is 4.79 Å². The van der Waals surface area contributed by atoms with Gasteiger partial charge >= 0.3 is 5.97 Å². The number of rotatable bonds is 6. The smallest absolute Gasteiger partial charge is 0.317 e. The van der Waals surface area contributed by atoms with Crippen LogP contribution in [0.25, 0.3) is 0 Å². The molecule has 1 N–H and O–H groups in total. The molecular weight excluding hydrogens is 273 g/mol. The minimum atomic E-state index is -0.811. The molecule has 0 aromatic heterocycles. The second kappa shape index (κ2) is 5.91. The van der Waals surface area contributed by atoms with E-state index in [4.69, 9.17) is 28.3 Å². The fraction of sp³-hybridized carbons (Fsp3) is 0.462. The van der Waals surface area contributed by atoms with Crippen molar-refractivity contribution in [1.82, 2.24) is 4.90 Å². The predicted octanol–water partition coefficient (Wildman–Crippen LogP) is 3.29. The van der Waals surface area contributed by atoms with Gasteiger partial charge in [0.15, 0.2) is 0 Å². The minimum absolute atomic E-state index is 0.0410. The van der Waals surface area contributed by atoms with E-state index in [-0.39, 0.29) is 6.54 Å². The highest BCUT2D eigenvalue weighted by Gasteiger charge is 2.25. The van der Waals surface area contributed by atoms with Crippen LogP contribution in [0.4, 0.5) is 0 Å². The Hall–Kier alpha value is -0.770. The molecule has 0 radical (unpaired) electrons. The lowest BCUT2D eigenvalue weighted by Gasteiger charge is -2.20. The Morgan fingerprint density at radius 1 is 1.39 bits per heavy atom. The molecule has 2 rings (SSSR count). The first kappa shape index (κ1) is 13.7. The van der Waals surface area contributed by atoms with E-state index in [1.54, 1.807) is 6.07 Å². The first-order chi connectivity index (χ1) is 8.56. The van der Waals surface area contributed by atoms with Crippen LogP contribution in [-0.4, -0.2) is 29.1 Å². The fourth-order valence-electron chi connectivity index (χ4n) is 1.95. The van der Waals surface area contributed by atoms with Crippen LogP contribution in [0.1, 0.15) is 18.4 Å². The quantitative estimate of drug-likeness (QED) is 0.873. The lowest BCUT2D eigenvalue weighted by molar-refractivity contribution is -0.138. The molecule has 0 saturated heterocycles.